The van der Waals surface area contributed by atoms with Crippen LogP contribution < -0.4 is 5.63 Å². The molecule has 0 unspecified atom stereocenters. The highest BCUT2D eigenvalue weighted by Gasteiger charge is 2.13. The maximum Gasteiger partial charge on any atom is 0.336 e. The molecule has 0 spiro atoms. The summed E-state index contributed by atoms with van der Waals surface area (Å²) in [5.41, 5.74) is 2.86. The molecule has 8 heteroatoms. The first-order valence-corrected chi connectivity index (χ1v) is 9.89. The van der Waals surface area contributed by atoms with E-state index in [0.29, 0.717) is 22.5 Å². The molecule has 3 aromatic rings. The Morgan fingerprint density at radius 3 is 2.61 bits per heavy atom. The molecule has 0 saturated heterocycles. The Labute approximate surface area is 165 Å². The van der Waals surface area contributed by atoms with E-state index in [2.05, 4.69) is 9.97 Å². The predicted octanol–water partition coefficient (Wildman–Crippen LogP) is 3.30. The van der Waals surface area contributed by atoms with E-state index in [4.69, 9.17) is 9.15 Å². The lowest BCUT2D eigenvalue weighted by molar-refractivity contribution is -0.144. The Morgan fingerprint density at radius 1 is 1.21 bits per heavy atom. The molecule has 0 aliphatic rings. The molecule has 0 amide bonds. The average Bonchev–Trinajstić information content (AvgIpc) is 2.64. The van der Waals surface area contributed by atoms with Crippen molar-refractivity contribution in [1.82, 2.24) is 9.97 Å². The number of hydrogen-bond donors (Lipinski definition) is 1. The molecule has 2 heterocycles. The van der Waals surface area contributed by atoms with Gasteiger partial charge in [0.1, 0.15) is 17.9 Å². The molecule has 0 radical (unpaired) electrons. The molecule has 28 heavy (non-hydrogen) atoms. The fourth-order valence-corrected chi connectivity index (χ4v) is 3.41. The maximum absolute atomic E-state index is 12.2. The summed E-state index contributed by atoms with van der Waals surface area (Å²) in [7, 11) is 0. The van der Waals surface area contributed by atoms with Crippen molar-refractivity contribution >= 4 is 28.7 Å². The summed E-state index contributed by atoms with van der Waals surface area (Å²) in [6, 6.07) is 5.74. The topological polar surface area (TPSA) is 103 Å². The Bertz CT molecular complexity index is 1070. The number of carbonyl (C=O) groups excluding carboxylic acids is 1. The molecule has 3 rings (SSSR count). The molecule has 1 N–H and O–H groups in total. The lowest BCUT2D eigenvalue weighted by Crippen LogP contribution is -2.10. The number of hydrogen-bond acceptors (Lipinski definition) is 8. The van der Waals surface area contributed by atoms with Crippen LogP contribution in [0.5, 0.6) is 5.75 Å². The molecule has 2 aromatic heterocycles. The molecule has 7 nitrogen and oxygen atoms in total. The number of thioether (sulfide) groups is 1. The van der Waals surface area contributed by atoms with Crippen LogP contribution in [-0.4, -0.2) is 27.3 Å². The van der Waals surface area contributed by atoms with E-state index in [9.17, 15) is 14.7 Å². The summed E-state index contributed by atoms with van der Waals surface area (Å²) in [6.07, 6.45) is 2.58. The van der Waals surface area contributed by atoms with Crippen LogP contribution >= 0.6 is 11.8 Å². The minimum Gasteiger partial charge on any atom is -0.508 e. The second-order valence-corrected chi connectivity index (χ2v) is 7.06. The van der Waals surface area contributed by atoms with Gasteiger partial charge in [0.25, 0.3) is 0 Å². The van der Waals surface area contributed by atoms with Gasteiger partial charge in [0.05, 0.1) is 0 Å². The number of phenols is 1. The van der Waals surface area contributed by atoms with Gasteiger partial charge in [-0.25, -0.2) is 14.8 Å². The van der Waals surface area contributed by atoms with Crippen molar-refractivity contribution in [3.63, 3.8) is 0 Å². The summed E-state index contributed by atoms with van der Waals surface area (Å²) in [4.78, 5) is 32.7. The molecule has 0 saturated carbocycles. The summed E-state index contributed by atoms with van der Waals surface area (Å²) in [6.45, 7) is 3.76. The molecular weight excluding hydrogens is 380 g/mol. The van der Waals surface area contributed by atoms with Crippen molar-refractivity contribution in [2.75, 3.05) is 6.26 Å². The quantitative estimate of drug-likeness (QED) is 0.291. The van der Waals surface area contributed by atoms with E-state index in [-0.39, 0.29) is 30.3 Å². The van der Waals surface area contributed by atoms with Gasteiger partial charge in [-0.15, -0.1) is 0 Å². The van der Waals surface area contributed by atoms with Gasteiger partial charge in [0.15, 0.2) is 5.16 Å². The highest BCUT2D eigenvalue weighted by atomic mass is 32.2. The number of phenolic OH excluding ortho intramolecular Hbond substituents is 1. The summed E-state index contributed by atoms with van der Waals surface area (Å²) in [5.74, 6) is -0.391. The third kappa shape index (κ3) is 4.51. The van der Waals surface area contributed by atoms with Crippen molar-refractivity contribution < 1.29 is 19.1 Å². The van der Waals surface area contributed by atoms with Gasteiger partial charge < -0.3 is 14.3 Å². The Balaban J connectivity index is 1.67. The van der Waals surface area contributed by atoms with Crippen LogP contribution in [0.25, 0.3) is 11.0 Å². The van der Waals surface area contributed by atoms with Crippen molar-refractivity contribution in [1.29, 1.82) is 0 Å². The highest BCUT2D eigenvalue weighted by molar-refractivity contribution is 7.98. The normalized spacial score (nSPS) is 11.0. The first-order chi connectivity index (χ1) is 13.4. The summed E-state index contributed by atoms with van der Waals surface area (Å²) >= 11 is 1.48. The summed E-state index contributed by atoms with van der Waals surface area (Å²) in [5, 5.41) is 10.8. The SMILES string of the molecule is CSc1nc(C)c(CCC(=O)OCc2cc(=O)oc3cc(O)ccc23)c(C)n1. The van der Waals surface area contributed by atoms with Crippen molar-refractivity contribution in [3.8, 4) is 5.75 Å². The number of esters is 1. The Hall–Kier alpha value is -2.87. The molecule has 0 bridgehead atoms. The molecule has 0 aliphatic heterocycles. The lowest BCUT2D eigenvalue weighted by Gasteiger charge is -2.10. The minimum absolute atomic E-state index is 0.00903. The number of carbonyl (C=O) groups is 1. The number of benzene rings is 1. The van der Waals surface area contributed by atoms with Crippen LogP contribution in [0.2, 0.25) is 0 Å². The zero-order valence-electron chi connectivity index (χ0n) is 15.8. The van der Waals surface area contributed by atoms with Crippen molar-refractivity contribution in [2.45, 2.75) is 38.5 Å². The van der Waals surface area contributed by atoms with Gasteiger partial charge in [-0.05, 0) is 44.2 Å². The van der Waals surface area contributed by atoms with E-state index in [1.165, 1.54) is 30.0 Å². The van der Waals surface area contributed by atoms with Gasteiger partial charge in [-0.1, -0.05) is 11.8 Å². The number of aromatic hydroxyl groups is 1. The van der Waals surface area contributed by atoms with Crippen LogP contribution in [0.3, 0.4) is 0 Å². The van der Waals surface area contributed by atoms with Gasteiger partial charge >= 0.3 is 11.6 Å². The molecule has 146 valence electrons. The fraction of sp³-hybridized carbons (Fsp3) is 0.300. The number of fused-ring (bicyclic) bond motifs is 1. The van der Waals surface area contributed by atoms with Crippen LogP contribution in [0.1, 0.15) is 28.9 Å². The third-order valence-electron chi connectivity index (χ3n) is 4.36. The first kappa shape index (κ1) is 19.9. The van der Waals surface area contributed by atoms with E-state index < -0.39 is 5.63 Å². The zero-order chi connectivity index (χ0) is 20.3. The van der Waals surface area contributed by atoms with Crippen LogP contribution in [0, 0.1) is 13.8 Å². The number of ether oxygens (including phenoxy) is 1. The molecule has 0 fully saturated rings. The Morgan fingerprint density at radius 2 is 1.93 bits per heavy atom. The molecule has 1 aromatic carbocycles. The number of aromatic nitrogens is 2. The van der Waals surface area contributed by atoms with Crippen molar-refractivity contribution in [2.24, 2.45) is 0 Å². The number of aryl methyl sites for hydroxylation is 2. The number of rotatable bonds is 6. The van der Waals surface area contributed by atoms with E-state index >= 15 is 0 Å². The first-order valence-electron chi connectivity index (χ1n) is 8.67. The van der Waals surface area contributed by atoms with Crippen LogP contribution in [-0.2, 0) is 22.6 Å². The highest BCUT2D eigenvalue weighted by Crippen LogP contribution is 2.22. The largest absolute Gasteiger partial charge is 0.508 e. The van der Waals surface area contributed by atoms with Gasteiger partial charge in [0.2, 0.25) is 0 Å². The molecule has 0 atom stereocenters. The second kappa shape index (κ2) is 8.43. The van der Waals surface area contributed by atoms with Crippen molar-refractivity contribution in [3.05, 3.63) is 57.2 Å². The second-order valence-electron chi connectivity index (χ2n) is 6.29. The Kier molecular flexibility index (Phi) is 5.99. The van der Waals surface area contributed by atoms with Gasteiger partial charge in [-0.3, -0.25) is 4.79 Å². The lowest BCUT2D eigenvalue weighted by atomic mass is 10.1. The number of nitrogens with zero attached hydrogens (tertiary/aromatic N) is 2. The molecule has 0 aliphatic carbocycles. The average molecular weight is 400 g/mol. The zero-order valence-corrected chi connectivity index (χ0v) is 16.6. The minimum atomic E-state index is -0.568. The standard InChI is InChI=1S/C20H20N2O5S/c1-11-15(12(2)22-20(21-11)28-3)6-7-18(24)26-10-13-8-19(25)27-17-9-14(23)4-5-16(13)17/h4-5,8-9,23H,6-7,10H2,1-3H3. The summed E-state index contributed by atoms with van der Waals surface area (Å²) < 4.78 is 10.4. The van der Waals surface area contributed by atoms with E-state index in [1.54, 1.807) is 6.07 Å². The van der Waals surface area contributed by atoms with Crippen LogP contribution in [0.4, 0.5) is 0 Å². The van der Waals surface area contributed by atoms with E-state index in [0.717, 1.165) is 17.0 Å². The van der Waals surface area contributed by atoms with Gasteiger partial charge in [0, 0.05) is 40.9 Å². The monoisotopic (exact) mass is 400 g/mol. The smallest absolute Gasteiger partial charge is 0.336 e. The van der Waals surface area contributed by atoms with Crippen LogP contribution in [0.15, 0.2) is 38.6 Å². The molecular formula is C20H20N2O5S. The van der Waals surface area contributed by atoms with Gasteiger partial charge in [-0.2, -0.15) is 0 Å². The third-order valence-corrected chi connectivity index (χ3v) is 4.91. The maximum atomic E-state index is 12.2. The fourth-order valence-electron chi connectivity index (χ4n) is 2.96. The predicted molar refractivity (Wildman–Crippen MR) is 106 cm³/mol. The van der Waals surface area contributed by atoms with E-state index in [1.807, 2.05) is 20.1 Å².